The molecule has 2 fully saturated rings. The van der Waals surface area contributed by atoms with E-state index in [4.69, 9.17) is 23.7 Å². The monoisotopic (exact) mass is 353 g/mol. The van der Waals surface area contributed by atoms with Gasteiger partial charge in [-0.2, -0.15) is 0 Å². The predicted octanol–water partition coefficient (Wildman–Crippen LogP) is 0.469. The number of anilines is 1. The number of hydrogen-bond acceptors (Lipinski definition) is 8. The van der Waals surface area contributed by atoms with Crippen LogP contribution in [0, 0.1) is 0 Å². The third-order valence-electron chi connectivity index (χ3n) is 4.58. The van der Waals surface area contributed by atoms with Crippen LogP contribution in [0.4, 0.5) is 5.69 Å². The Balaban J connectivity index is 1.44. The van der Waals surface area contributed by atoms with Crippen LogP contribution in [0.1, 0.15) is 13.8 Å². The summed E-state index contributed by atoms with van der Waals surface area (Å²) in [6.07, 6.45) is -2.28. The molecule has 8 nitrogen and oxygen atoms in total. The molecule has 138 valence electrons. The highest BCUT2D eigenvalue weighted by Crippen LogP contribution is 2.38. The van der Waals surface area contributed by atoms with E-state index in [-0.39, 0.29) is 13.2 Å². The molecule has 1 aromatic carbocycles. The SMILES string of the molecule is CC1(C)O[C@@H]2[C@@H](CO[C@](O)(CNc3ccc4c(c3)OCCO4)[C@H]2O)O1. The van der Waals surface area contributed by atoms with Crippen molar-refractivity contribution in [1.29, 1.82) is 0 Å². The van der Waals surface area contributed by atoms with Crippen molar-refractivity contribution >= 4 is 5.69 Å². The average Bonchev–Trinajstić information content (AvgIpc) is 2.92. The van der Waals surface area contributed by atoms with Gasteiger partial charge in [-0.3, -0.25) is 0 Å². The first-order valence-electron chi connectivity index (χ1n) is 8.40. The lowest BCUT2D eigenvalue weighted by Gasteiger charge is -2.41. The number of rotatable bonds is 3. The van der Waals surface area contributed by atoms with Gasteiger partial charge >= 0.3 is 0 Å². The van der Waals surface area contributed by atoms with Crippen molar-refractivity contribution in [2.45, 2.75) is 43.7 Å². The molecule has 0 spiro atoms. The standard InChI is InChI=1S/C17H23NO7/c1-16(2)24-13-8-23-17(20,15(19)14(13)25-16)9-18-10-3-4-11-12(7-10)22-6-5-21-11/h3-4,7,13-15,18-20H,5-6,8-9H2,1-2H3/t13-,14-,15+,17-/m1/s1. The Kier molecular flexibility index (Phi) is 4.04. The van der Waals surface area contributed by atoms with Gasteiger partial charge in [0.15, 0.2) is 17.3 Å². The van der Waals surface area contributed by atoms with Crippen molar-refractivity contribution in [3.8, 4) is 11.5 Å². The van der Waals surface area contributed by atoms with E-state index in [1.165, 1.54) is 0 Å². The highest BCUT2D eigenvalue weighted by Gasteiger charge is 2.56. The fraction of sp³-hybridized carbons (Fsp3) is 0.647. The molecule has 0 bridgehead atoms. The van der Waals surface area contributed by atoms with Crippen LogP contribution in [0.2, 0.25) is 0 Å². The van der Waals surface area contributed by atoms with Crippen LogP contribution >= 0.6 is 0 Å². The Bertz CT molecular complexity index is 652. The van der Waals surface area contributed by atoms with E-state index in [1.54, 1.807) is 26.0 Å². The molecule has 4 rings (SSSR count). The molecule has 1 aromatic rings. The van der Waals surface area contributed by atoms with Gasteiger partial charge in [0.05, 0.1) is 13.2 Å². The molecule has 2 saturated heterocycles. The molecule has 3 N–H and O–H groups in total. The van der Waals surface area contributed by atoms with Crippen molar-refractivity contribution in [1.82, 2.24) is 0 Å². The highest BCUT2D eigenvalue weighted by atomic mass is 16.8. The molecule has 0 aliphatic carbocycles. The molecular formula is C17H23NO7. The normalized spacial score (nSPS) is 35.9. The molecule has 8 heteroatoms. The maximum absolute atomic E-state index is 10.7. The van der Waals surface area contributed by atoms with Gasteiger partial charge in [0, 0.05) is 11.8 Å². The van der Waals surface area contributed by atoms with E-state index < -0.39 is 29.9 Å². The lowest BCUT2D eigenvalue weighted by Crippen LogP contribution is -2.62. The van der Waals surface area contributed by atoms with E-state index in [1.807, 2.05) is 6.07 Å². The Hall–Kier alpha value is -1.58. The minimum absolute atomic E-state index is 0.0131. The van der Waals surface area contributed by atoms with Crippen molar-refractivity contribution < 1.29 is 33.9 Å². The van der Waals surface area contributed by atoms with Crippen LogP contribution in [0.5, 0.6) is 11.5 Å². The van der Waals surface area contributed by atoms with Crippen LogP contribution in [0.3, 0.4) is 0 Å². The van der Waals surface area contributed by atoms with Crippen LogP contribution in [-0.4, -0.2) is 66.5 Å². The van der Waals surface area contributed by atoms with E-state index in [0.29, 0.717) is 24.7 Å². The number of aliphatic hydroxyl groups is 2. The summed E-state index contributed by atoms with van der Waals surface area (Å²) in [5, 5.41) is 24.3. The summed E-state index contributed by atoms with van der Waals surface area (Å²) in [5.74, 6) is -1.26. The molecule has 0 radical (unpaired) electrons. The van der Waals surface area contributed by atoms with Crippen LogP contribution < -0.4 is 14.8 Å². The number of aliphatic hydroxyl groups excluding tert-OH is 1. The van der Waals surface area contributed by atoms with Gasteiger partial charge in [-0.1, -0.05) is 0 Å². The fourth-order valence-corrected chi connectivity index (χ4v) is 3.37. The minimum atomic E-state index is -1.78. The number of hydrogen-bond donors (Lipinski definition) is 3. The van der Waals surface area contributed by atoms with Gasteiger partial charge in [-0.05, 0) is 26.0 Å². The Morgan fingerprint density at radius 3 is 2.72 bits per heavy atom. The van der Waals surface area contributed by atoms with Gasteiger partial charge in [0.1, 0.15) is 31.5 Å². The second-order valence-electron chi connectivity index (χ2n) is 6.95. The maximum Gasteiger partial charge on any atom is 0.212 e. The predicted molar refractivity (Wildman–Crippen MR) is 86.7 cm³/mol. The number of ether oxygens (including phenoxy) is 5. The molecule has 25 heavy (non-hydrogen) atoms. The van der Waals surface area contributed by atoms with Gasteiger partial charge in [0.2, 0.25) is 5.79 Å². The summed E-state index contributed by atoms with van der Waals surface area (Å²) >= 11 is 0. The summed E-state index contributed by atoms with van der Waals surface area (Å²) in [4.78, 5) is 0. The molecule has 3 heterocycles. The minimum Gasteiger partial charge on any atom is -0.486 e. The smallest absolute Gasteiger partial charge is 0.212 e. The summed E-state index contributed by atoms with van der Waals surface area (Å²) in [5.41, 5.74) is 0.722. The third-order valence-corrected chi connectivity index (χ3v) is 4.58. The van der Waals surface area contributed by atoms with E-state index in [0.717, 1.165) is 5.69 Å². The van der Waals surface area contributed by atoms with E-state index in [2.05, 4.69) is 5.32 Å². The Morgan fingerprint density at radius 2 is 1.92 bits per heavy atom. The molecular weight excluding hydrogens is 330 g/mol. The highest BCUT2D eigenvalue weighted by molar-refractivity contribution is 5.55. The number of nitrogens with one attached hydrogen (secondary N) is 1. The molecule has 0 unspecified atom stereocenters. The molecule has 3 aliphatic heterocycles. The Morgan fingerprint density at radius 1 is 1.16 bits per heavy atom. The maximum atomic E-state index is 10.7. The zero-order valence-corrected chi connectivity index (χ0v) is 14.2. The third kappa shape index (κ3) is 3.16. The van der Waals surface area contributed by atoms with Gasteiger partial charge < -0.3 is 39.2 Å². The van der Waals surface area contributed by atoms with E-state index >= 15 is 0 Å². The van der Waals surface area contributed by atoms with Crippen LogP contribution in [0.15, 0.2) is 18.2 Å². The van der Waals surface area contributed by atoms with Crippen molar-refractivity contribution in [3.63, 3.8) is 0 Å². The quantitative estimate of drug-likeness (QED) is 0.721. The van der Waals surface area contributed by atoms with Crippen LogP contribution in [-0.2, 0) is 14.2 Å². The van der Waals surface area contributed by atoms with Crippen molar-refractivity contribution in [2.75, 3.05) is 31.7 Å². The number of benzene rings is 1. The molecule has 0 amide bonds. The lowest BCUT2D eigenvalue weighted by molar-refractivity contribution is -0.298. The molecule has 3 aliphatic rings. The largest absolute Gasteiger partial charge is 0.486 e. The second kappa shape index (κ2) is 6.00. The molecule has 0 aromatic heterocycles. The fourth-order valence-electron chi connectivity index (χ4n) is 3.37. The summed E-state index contributed by atoms with van der Waals surface area (Å²) in [6, 6.07) is 5.40. The summed E-state index contributed by atoms with van der Waals surface area (Å²) in [6.45, 7) is 4.69. The summed E-state index contributed by atoms with van der Waals surface area (Å²) < 4.78 is 27.9. The number of fused-ring (bicyclic) bond motifs is 2. The zero-order chi connectivity index (χ0) is 17.7. The second-order valence-corrected chi connectivity index (χ2v) is 6.95. The zero-order valence-electron chi connectivity index (χ0n) is 14.2. The molecule has 0 saturated carbocycles. The van der Waals surface area contributed by atoms with Crippen molar-refractivity contribution in [2.24, 2.45) is 0 Å². The van der Waals surface area contributed by atoms with E-state index in [9.17, 15) is 10.2 Å². The molecule has 4 atom stereocenters. The first-order valence-corrected chi connectivity index (χ1v) is 8.40. The van der Waals surface area contributed by atoms with Gasteiger partial charge in [-0.15, -0.1) is 0 Å². The van der Waals surface area contributed by atoms with Gasteiger partial charge in [-0.25, -0.2) is 0 Å². The average molecular weight is 353 g/mol. The van der Waals surface area contributed by atoms with Gasteiger partial charge in [0.25, 0.3) is 0 Å². The Labute approximate surface area is 145 Å². The topological polar surface area (TPSA) is 98.6 Å². The summed E-state index contributed by atoms with van der Waals surface area (Å²) in [7, 11) is 0. The first-order chi connectivity index (χ1) is 11.9. The first kappa shape index (κ1) is 16.9. The van der Waals surface area contributed by atoms with Crippen molar-refractivity contribution in [3.05, 3.63) is 18.2 Å². The lowest BCUT2D eigenvalue weighted by atomic mass is 9.97. The van der Waals surface area contributed by atoms with Crippen LogP contribution in [0.25, 0.3) is 0 Å².